The molecule has 1 saturated heterocycles. The molecule has 8 heteroatoms. The molecule has 0 unspecified atom stereocenters. The van der Waals surface area contributed by atoms with E-state index in [0.29, 0.717) is 25.9 Å². The van der Waals surface area contributed by atoms with Gasteiger partial charge in [-0.05, 0) is 18.6 Å². The number of amides is 1. The third-order valence-corrected chi connectivity index (χ3v) is 6.52. The maximum atomic E-state index is 11.8. The molecule has 1 aliphatic rings. The molecule has 0 atom stereocenters. The van der Waals surface area contributed by atoms with Gasteiger partial charge in [0.15, 0.2) is 0 Å². The van der Waals surface area contributed by atoms with Gasteiger partial charge in [0.1, 0.15) is 0 Å². The SMILES string of the molecule is O=C(CN1CCCS1(=O)=O)NCCc1nc2ccccc2s1. The third kappa shape index (κ3) is 3.45. The zero-order valence-electron chi connectivity index (χ0n) is 12.0. The number of sulfonamides is 1. The van der Waals surface area contributed by atoms with Crippen molar-refractivity contribution in [1.29, 1.82) is 0 Å². The van der Waals surface area contributed by atoms with Crippen molar-refractivity contribution in [2.45, 2.75) is 12.8 Å². The Hall–Kier alpha value is -1.51. The average Bonchev–Trinajstić information content (AvgIpc) is 3.02. The number of thiazole rings is 1. The number of hydrogen-bond acceptors (Lipinski definition) is 5. The molecule has 0 aliphatic carbocycles. The molecule has 22 heavy (non-hydrogen) atoms. The van der Waals surface area contributed by atoms with Gasteiger partial charge < -0.3 is 5.32 Å². The molecule has 6 nitrogen and oxygen atoms in total. The van der Waals surface area contributed by atoms with E-state index in [9.17, 15) is 13.2 Å². The molecule has 0 bridgehead atoms. The molecule has 0 radical (unpaired) electrons. The predicted octanol–water partition coefficient (Wildman–Crippen LogP) is 0.991. The summed E-state index contributed by atoms with van der Waals surface area (Å²) in [6.07, 6.45) is 1.25. The normalized spacial score (nSPS) is 17.8. The summed E-state index contributed by atoms with van der Waals surface area (Å²) in [5, 5.41) is 3.73. The van der Waals surface area contributed by atoms with Crippen molar-refractivity contribution in [3.05, 3.63) is 29.3 Å². The largest absolute Gasteiger partial charge is 0.355 e. The fourth-order valence-corrected chi connectivity index (χ4v) is 4.86. The lowest BCUT2D eigenvalue weighted by Crippen LogP contribution is -2.38. The molecule has 2 aromatic rings. The number of carbonyl (C=O) groups is 1. The van der Waals surface area contributed by atoms with E-state index in [1.807, 2.05) is 24.3 Å². The number of fused-ring (bicyclic) bond motifs is 1. The maximum Gasteiger partial charge on any atom is 0.235 e. The fourth-order valence-electron chi connectivity index (χ4n) is 2.42. The monoisotopic (exact) mass is 339 g/mol. The van der Waals surface area contributed by atoms with Gasteiger partial charge in [-0.1, -0.05) is 12.1 Å². The lowest BCUT2D eigenvalue weighted by molar-refractivity contribution is -0.121. The molecule has 1 aromatic carbocycles. The van der Waals surface area contributed by atoms with E-state index in [0.717, 1.165) is 15.2 Å². The van der Waals surface area contributed by atoms with E-state index < -0.39 is 10.0 Å². The van der Waals surface area contributed by atoms with Crippen molar-refractivity contribution in [1.82, 2.24) is 14.6 Å². The molecular formula is C14H17N3O3S2. The summed E-state index contributed by atoms with van der Waals surface area (Å²) in [7, 11) is -3.21. The van der Waals surface area contributed by atoms with Crippen LogP contribution < -0.4 is 5.32 Å². The summed E-state index contributed by atoms with van der Waals surface area (Å²) < 4.78 is 25.6. The Morgan fingerprint density at radius 2 is 2.18 bits per heavy atom. The number of carbonyl (C=O) groups excluding carboxylic acids is 1. The number of benzene rings is 1. The second-order valence-electron chi connectivity index (χ2n) is 5.18. The minimum Gasteiger partial charge on any atom is -0.355 e. The highest BCUT2D eigenvalue weighted by Crippen LogP contribution is 2.21. The van der Waals surface area contributed by atoms with Gasteiger partial charge in [-0.25, -0.2) is 13.4 Å². The molecule has 1 aliphatic heterocycles. The van der Waals surface area contributed by atoms with E-state index >= 15 is 0 Å². The quantitative estimate of drug-likeness (QED) is 0.881. The number of nitrogens with one attached hydrogen (secondary N) is 1. The number of rotatable bonds is 5. The Balaban J connectivity index is 1.49. The second kappa shape index (κ2) is 6.31. The maximum absolute atomic E-state index is 11.8. The Labute approximate surface area is 133 Å². The Morgan fingerprint density at radius 1 is 1.36 bits per heavy atom. The van der Waals surface area contributed by atoms with Crippen LogP contribution in [0.25, 0.3) is 10.2 Å². The van der Waals surface area contributed by atoms with Crippen LogP contribution in [0.2, 0.25) is 0 Å². The first-order valence-electron chi connectivity index (χ1n) is 7.13. The van der Waals surface area contributed by atoms with Crippen molar-refractivity contribution in [3.63, 3.8) is 0 Å². The molecule has 1 N–H and O–H groups in total. The van der Waals surface area contributed by atoms with Crippen LogP contribution in [0.4, 0.5) is 0 Å². The van der Waals surface area contributed by atoms with Crippen molar-refractivity contribution in [3.8, 4) is 0 Å². The predicted molar refractivity (Wildman–Crippen MR) is 86.3 cm³/mol. The van der Waals surface area contributed by atoms with Gasteiger partial charge in [0.05, 0.1) is 27.5 Å². The van der Waals surface area contributed by atoms with Crippen molar-refractivity contribution >= 4 is 37.5 Å². The van der Waals surface area contributed by atoms with Crippen molar-refractivity contribution in [2.75, 3.05) is 25.4 Å². The molecule has 118 valence electrons. The first-order chi connectivity index (χ1) is 10.5. The van der Waals surface area contributed by atoms with Gasteiger partial charge in [-0.2, -0.15) is 4.31 Å². The highest BCUT2D eigenvalue weighted by Gasteiger charge is 2.29. The van der Waals surface area contributed by atoms with Crippen LogP contribution in [0, 0.1) is 0 Å². The minimum absolute atomic E-state index is 0.0812. The highest BCUT2D eigenvalue weighted by atomic mass is 32.2. The van der Waals surface area contributed by atoms with Gasteiger partial charge in [-0.15, -0.1) is 11.3 Å². The second-order valence-corrected chi connectivity index (χ2v) is 8.38. The van der Waals surface area contributed by atoms with Crippen LogP contribution in [-0.4, -0.2) is 49.0 Å². The smallest absolute Gasteiger partial charge is 0.235 e. The molecule has 3 rings (SSSR count). The minimum atomic E-state index is -3.21. The summed E-state index contributed by atoms with van der Waals surface area (Å²) in [6.45, 7) is 0.822. The van der Waals surface area contributed by atoms with Crippen molar-refractivity contribution in [2.24, 2.45) is 0 Å². The fraction of sp³-hybridized carbons (Fsp3) is 0.429. The number of aromatic nitrogens is 1. The van der Waals surface area contributed by atoms with Gasteiger partial charge in [0.25, 0.3) is 0 Å². The van der Waals surface area contributed by atoms with E-state index in [1.54, 1.807) is 11.3 Å². The van der Waals surface area contributed by atoms with Crippen LogP contribution in [0.15, 0.2) is 24.3 Å². The molecule has 1 fully saturated rings. The first kappa shape index (κ1) is 15.4. The highest BCUT2D eigenvalue weighted by molar-refractivity contribution is 7.89. The van der Waals surface area contributed by atoms with Crippen LogP contribution in [0.5, 0.6) is 0 Å². The van der Waals surface area contributed by atoms with E-state index in [-0.39, 0.29) is 18.2 Å². The Kier molecular flexibility index (Phi) is 4.42. The standard InChI is InChI=1S/C14H17N3O3S2/c18-13(10-17-8-3-9-22(17,19)20)15-7-6-14-16-11-4-1-2-5-12(11)21-14/h1-2,4-5H,3,6-10H2,(H,15,18). The first-order valence-corrected chi connectivity index (χ1v) is 9.56. The number of nitrogens with zero attached hydrogens (tertiary/aromatic N) is 2. The van der Waals surface area contributed by atoms with E-state index in [4.69, 9.17) is 0 Å². The van der Waals surface area contributed by atoms with E-state index in [1.165, 1.54) is 4.31 Å². The van der Waals surface area contributed by atoms with Crippen LogP contribution >= 0.6 is 11.3 Å². The van der Waals surface area contributed by atoms with Gasteiger partial charge >= 0.3 is 0 Å². The zero-order chi connectivity index (χ0) is 15.6. The third-order valence-electron chi connectivity index (χ3n) is 3.52. The Morgan fingerprint density at radius 3 is 2.91 bits per heavy atom. The van der Waals surface area contributed by atoms with Gasteiger partial charge in [-0.3, -0.25) is 4.79 Å². The number of para-hydroxylation sites is 1. The average molecular weight is 339 g/mol. The van der Waals surface area contributed by atoms with E-state index in [2.05, 4.69) is 10.3 Å². The molecule has 1 aromatic heterocycles. The van der Waals surface area contributed by atoms with Crippen LogP contribution in [0.1, 0.15) is 11.4 Å². The lowest BCUT2D eigenvalue weighted by atomic mass is 10.3. The molecule has 0 saturated carbocycles. The molecule has 0 spiro atoms. The topological polar surface area (TPSA) is 79.4 Å². The number of hydrogen-bond donors (Lipinski definition) is 1. The van der Waals surface area contributed by atoms with Gasteiger partial charge in [0, 0.05) is 19.5 Å². The van der Waals surface area contributed by atoms with Crippen LogP contribution in [0.3, 0.4) is 0 Å². The zero-order valence-corrected chi connectivity index (χ0v) is 13.6. The molecule has 1 amide bonds. The summed E-state index contributed by atoms with van der Waals surface area (Å²) in [4.78, 5) is 16.3. The Bertz CT molecular complexity index is 752. The molecule has 2 heterocycles. The summed E-state index contributed by atoms with van der Waals surface area (Å²) in [5.74, 6) is -0.113. The summed E-state index contributed by atoms with van der Waals surface area (Å²) in [5.41, 5.74) is 0.969. The lowest BCUT2D eigenvalue weighted by Gasteiger charge is -2.13. The molecular weight excluding hydrogens is 322 g/mol. The van der Waals surface area contributed by atoms with Gasteiger partial charge in [0.2, 0.25) is 15.9 Å². The summed E-state index contributed by atoms with van der Waals surface area (Å²) >= 11 is 1.61. The summed E-state index contributed by atoms with van der Waals surface area (Å²) in [6, 6.07) is 7.91. The van der Waals surface area contributed by atoms with Crippen LogP contribution in [-0.2, 0) is 21.2 Å². The van der Waals surface area contributed by atoms with Crippen molar-refractivity contribution < 1.29 is 13.2 Å².